The molecule has 2 amide bonds. The van der Waals surface area contributed by atoms with Crippen LogP contribution in [0.1, 0.15) is 13.8 Å². The molecule has 0 fully saturated rings. The standard InChI is InChI=1S/C6H12N2O2/c1-3(5(7)9)4(2)6(8)10/h3-4H,1-2H3,(H2,7,9)(H2,8,10)/t3-,4?/m1/s1. The zero-order valence-corrected chi connectivity index (χ0v) is 6.13. The van der Waals surface area contributed by atoms with E-state index in [9.17, 15) is 9.59 Å². The molecule has 0 saturated heterocycles. The van der Waals surface area contributed by atoms with E-state index in [2.05, 4.69) is 0 Å². The van der Waals surface area contributed by atoms with Gasteiger partial charge in [0.2, 0.25) is 11.8 Å². The highest BCUT2D eigenvalue weighted by Gasteiger charge is 2.21. The van der Waals surface area contributed by atoms with Crippen LogP contribution in [0, 0.1) is 11.8 Å². The first-order valence-electron chi connectivity index (χ1n) is 3.05. The molecular weight excluding hydrogens is 132 g/mol. The van der Waals surface area contributed by atoms with E-state index in [-0.39, 0.29) is 0 Å². The van der Waals surface area contributed by atoms with Gasteiger partial charge in [-0.2, -0.15) is 0 Å². The van der Waals surface area contributed by atoms with Crippen LogP contribution in [0.25, 0.3) is 0 Å². The Kier molecular flexibility index (Phi) is 2.86. The topological polar surface area (TPSA) is 86.2 Å². The highest BCUT2D eigenvalue weighted by molar-refractivity contribution is 5.85. The van der Waals surface area contributed by atoms with Gasteiger partial charge in [-0.05, 0) is 0 Å². The Labute approximate surface area is 59.6 Å². The largest absolute Gasteiger partial charge is 0.369 e. The number of hydrogen-bond acceptors (Lipinski definition) is 2. The predicted octanol–water partition coefficient (Wildman–Crippen LogP) is -0.771. The zero-order valence-electron chi connectivity index (χ0n) is 6.13. The summed E-state index contributed by atoms with van der Waals surface area (Å²) in [4.78, 5) is 20.9. The number of carbonyl (C=O) groups is 2. The SMILES string of the molecule is CC(C(N)=O)[C@@H](C)C(N)=O. The number of hydrogen-bond donors (Lipinski definition) is 2. The zero-order chi connectivity index (χ0) is 8.31. The van der Waals surface area contributed by atoms with Crippen LogP contribution in [0.4, 0.5) is 0 Å². The van der Waals surface area contributed by atoms with E-state index in [1.54, 1.807) is 13.8 Å². The lowest BCUT2D eigenvalue weighted by Crippen LogP contribution is -2.34. The third kappa shape index (κ3) is 2.05. The fourth-order valence-corrected chi connectivity index (χ4v) is 0.493. The van der Waals surface area contributed by atoms with Crippen molar-refractivity contribution < 1.29 is 9.59 Å². The van der Waals surface area contributed by atoms with Crippen LogP contribution in [0.3, 0.4) is 0 Å². The van der Waals surface area contributed by atoms with Crippen LogP contribution in [0.15, 0.2) is 0 Å². The molecule has 0 heterocycles. The van der Waals surface area contributed by atoms with Gasteiger partial charge in [0.05, 0.1) is 0 Å². The van der Waals surface area contributed by atoms with Gasteiger partial charge < -0.3 is 11.5 Å². The molecule has 1 unspecified atom stereocenters. The summed E-state index contributed by atoms with van der Waals surface area (Å²) in [6.07, 6.45) is 0. The summed E-state index contributed by atoms with van der Waals surface area (Å²) >= 11 is 0. The normalized spacial score (nSPS) is 15.8. The molecule has 0 aromatic carbocycles. The minimum absolute atomic E-state index is 0.475. The van der Waals surface area contributed by atoms with E-state index in [0.717, 1.165) is 0 Å². The first kappa shape index (κ1) is 8.94. The molecule has 4 heteroatoms. The monoisotopic (exact) mass is 144 g/mol. The van der Waals surface area contributed by atoms with Crippen LogP contribution in [-0.2, 0) is 9.59 Å². The lowest BCUT2D eigenvalue weighted by molar-refractivity contribution is -0.130. The maximum Gasteiger partial charge on any atom is 0.221 e. The number of primary amides is 2. The van der Waals surface area contributed by atoms with Crippen LogP contribution in [0.5, 0.6) is 0 Å². The summed E-state index contributed by atoms with van der Waals surface area (Å²) in [7, 11) is 0. The molecule has 0 rings (SSSR count). The van der Waals surface area contributed by atoms with Gasteiger partial charge in [0.1, 0.15) is 0 Å². The quantitative estimate of drug-likeness (QED) is 0.545. The van der Waals surface area contributed by atoms with Crippen LogP contribution in [0.2, 0.25) is 0 Å². The molecule has 0 aromatic rings. The summed E-state index contributed by atoms with van der Waals surface area (Å²) < 4.78 is 0. The highest BCUT2D eigenvalue weighted by Crippen LogP contribution is 2.08. The van der Waals surface area contributed by atoms with Crippen molar-refractivity contribution in [2.24, 2.45) is 23.3 Å². The summed E-state index contributed by atoms with van der Waals surface area (Å²) in [5, 5.41) is 0. The molecule has 4 nitrogen and oxygen atoms in total. The second-order valence-corrected chi connectivity index (χ2v) is 2.38. The van der Waals surface area contributed by atoms with E-state index in [4.69, 9.17) is 11.5 Å². The lowest BCUT2D eigenvalue weighted by atomic mass is 9.95. The van der Waals surface area contributed by atoms with Gasteiger partial charge in [-0.15, -0.1) is 0 Å². The Morgan fingerprint density at radius 3 is 1.30 bits per heavy atom. The van der Waals surface area contributed by atoms with Crippen LogP contribution < -0.4 is 11.5 Å². The molecule has 2 atom stereocenters. The van der Waals surface area contributed by atoms with Gasteiger partial charge in [0.25, 0.3) is 0 Å². The fourth-order valence-electron chi connectivity index (χ4n) is 0.493. The number of amides is 2. The van der Waals surface area contributed by atoms with E-state index < -0.39 is 23.7 Å². The van der Waals surface area contributed by atoms with E-state index in [0.29, 0.717) is 0 Å². The molecule has 0 aromatic heterocycles. The third-order valence-corrected chi connectivity index (χ3v) is 1.65. The molecule has 0 bridgehead atoms. The van der Waals surface area contributed by atoms with E-state index in [1.807, 2.05) is 0 Å². The van der Waals surface area contributed by atoms with Gasteiger partial charge in [-0.25, -0.2) is 0 Å². The number of nitrogens with two attached hydrogens (primary N) is 2. The second-order valence-electron chi connectivity index (χ2n) is 2.38. The Morgan fingerprint density at radius 1 is 1.00 bits per heavy atom. The maximum atomic E-state index is 10.5. The Hall–Kier alpha value is -1.06. The van der Waals surface area contributed by atoms with E-state index >= 15 is 0 Å². The van der Waals surface area contributed by atoms with Gasteiger partial charge in [-0.3, -0.25) is 9.59 Å². The van der Waals surface area contributed by atoms with Gasteiger partial charge in [0, 0.05) is 11.8 Å². The minimum atomic E-state index is -0.494. The molecule has 10 heavy (non-hydrogen) atoms. The van der Waals surface area contributed by atoms with Crippen molar-refractivity contribution >= 4 is 11.8 Å². The van der Waals surface area contributed by atoms with Gasteiger partial charge in [0.15, 0.2) is 0 Å². The Bertz CT molecular complexity index is 138. The lowest BCUT2D eigenvalue weighted by Gasteiger charge is -2.11. The Balaban J connectivity index is 4.07. The minimum Gasteiger partial charge on any atom is -0.369 e. The van der Waals surface area contributed by atoms with Crippen molar-refractivity contribution in [2.75, 3.05) is 0 Å². The Morgan fingerprint density at radius 2 is 1.20 bits per heavy atom. The molecule has 0 aliphatic heterocycles. The molecule has 0 saturated carbocycles. The molecule has 0 aliphatic carbocycles. The average molecular weight is 144 g/mol. The smallest absolute Gasteiger partial charge is 0.221 e. The molecule has 4 N–H and O–H groups in total. The molecule has 0 aliphatic rings. The highest BCUT2D eigenvalue weighted by atomic mass is 16.2. The first-order valence-corrected chi connectivity index (χ1v) is 3.05. The summed E-state index contributed by atoms with van der Waals surface area (Å²) in [6, 6.07) is 0. The van der Waals surface area contributed by atoms with E-state index in [1.165, 1.54) is 0 Å². The summed E-state index contributed by atoms with van der Waals surface area (Å²) in [5.41, 5.74) is 9.86. The molecule has 58 valence electrons. The average Bonchev–Trinajstić information content (AvgIpc) is 1.84. The maximum absolute atomic E-state index is 10.5. The molecule has 0 spiro atoms. The van der Waals surface area contributed by atoms with Gasteiger partial charge in [-0.1, -0.05) is 13.8 Å². The number of rotatable bonds is 3. The molecular formula is C6H12N2O2. The van der Waals surface area contributed by atoms with Crippen molar-refractivity contribution in [2.45, 2.75) is 13.8 Å². The van der Waals surface area contributed by atoms with Gasteiger partial charge >= 0.3 is 0 Å². The van der Waals surface area contributed by atoms with Crippen molar-refractivity contribution in [3.8, 4) is 0 Å². The van der Waals surface area contributed by atoms with Crippen molar-refractivity contribution in [1.29, 1.82) is 0 Å². The fraction of sp³-hybridized carbons (Fsp3) is 0.667. The third-order valence-electron chi connectivity index (χ3n) is 1.65. The number of carbonyl (C=O) groups excluding carboxylic acids is 2. The van der Waals surface area contributed by atoms with Crippen molar-refractivity contribution in [3.63, 3.8) is 0 Å². The predicted molar refractivity (Wildman–Crippen MR) is 36.7 cm³/mol. The molecule has 0 radical (unpaired) electrons. The summed E-state index contributed by atoms with van der Waals surface area (Å²) in [5.74, 6) is -1.94. The van der Waals surface area contributed by atoms with Crippen molar-refractivity contribution in [3.05, 3.63) is 0 Å². The van der Waals surface area contributed by atoms with Crippen molar-refractivity contribution in [1.82, 2.24) is 0 Å². The van der Waals surface area contributed by atoms with Crippen LogP contribution in [-0.4, -0.2) is 11.8 Å². The first-order chi connectivity index (χ1) is 4.46. The second kappa shape index (κ2) is 3.20. The van der Waals surface area contributed by atoms with Crippen LogP contribution >= 0.6 is 0 Å². The summed E-state index contributed by atoms with van der Waals surface area (Å²) in [6.45, 7) is 3.16.